The lowest BCUT2D eigenvalue weighted by Crippen LogP contribution is -2.20. The quantitative estimate of drug-likeness (QED) is 0.546. The fraction of sp³-hybridized carbons (Fsp3) is 0.222. The molecule has 0 radical (unpaired) electrons. The number of aromatic nitrogens is 2. The van der Waals surface area contributed by atoms with Crippen LogP contribution in [0.25, 0.3) is 11.0 Å². The zero-order chi connectivity index (χ0) is 19.0. The van der Waals surface area contributed by atoms with E-state index in [1.165, 1.54) is 0 Å². The molecule has 1 aromatic carbocycles. The number of fused-ring (bicyclic) bond motifs is 1. The monoisotopic (exact) mass is 367 g/mol. The van der Waals surface area contributed by atoms with Crippen molar-refractivity contribution < 1.29 is 14.0 Å². The Morgan fingerprint density at radius 3 is 2.78 bits per heavy atom. The summed E-state index contributed by atoms with van der Waals surface area (Å²) in [6, 6.07) is 7.01. The van der Waals surface area contributed by atoms with Crippen LogP contribution in [0.1, 0.15) is 30.0 Å². The number of hydrogen-bond acceptors (Lipinski definition) is 5. The molecule has 5 N–H and O–H groups in total. The Morgan fingerprint density at radius 2 is 2.04 bits per heavy atom. The summed E-state index contributed by atoms with van der Waals surface area (Å²) in [4.78, 5) is 35.3. The van der Waals surface area contributed by atoms with Crippen LogP contribution in [0.5, 0.6) is 0 Å². The van der Waals surface area contributed by atoms with Crippen molar-refractivity contribution in [3.8, 4) is 0 Å². The highest BCUT2D eigenvalue weighted by atomic mass is 16.3. The number of carbonyl (C=O) groups is 2. The van der Waals surface area contributed by atoms with Gasteiger partial charge < -0.3 is 15.5 Å². The van der Waals surface area contributed by atoms with Crippen molar-refractivity contribution in [3.63, 3.8) is 0 Å². The smallest absolute Gasteiger partial charge is 0.318 e. The number of H-pyrrole nitrogens is 1. The molecule has 1 saturated carbocycles. The van der Waals surface area contributed by atoms with Crippen LogP contribution in [-0.4, -0.2) is 22.1 Å². The molecule has 3 aromatic rings. The minimum atomic E-state index is -0.825. The average molecular weight is 367 g/mol. The molecular weight excluding hydrogens is 350 g/mol. The number of nitrogens with zero attached hydrogens (tertiary/aromatic N) is 1. The van der Waals surface area contributed by atoms with Crippen molar-refractivity contribution in [1.82, 2.24) is 10.2 Å². The van der Waals surface area contributed by atoms with Gasteiger partial charge in [-0.1, -0.05) is 6.07 Å². The van der Waals surface area contributed by atoms with E-state index < -0.39 is 6.03 Å². The summed E-state index contributed by atoms with van der Waals surface area (Å²) >= 11 is 0. The van der Waals surface area contributed by atoms with Crippen LogP contribution in [0, 0.1) is 0 Å². The van der Waals surface area contributed by atoms with Crippen molar-refractivity contribution in [2.75, 3.05) is 10.6 Å². The van der Waals surface area contributed by atoms with Gasteiger partial charge in [-0.15, -0.1) is 0 Å². The van der Waals surface area contributed by atoms with E-state index in [1.54, 1.807) is 18.2 Å². The SMILES string of the molecule is NC(=O)Nc1cc(=O)c2cc(CC(=O)Nc3cc(C4CC4)[nH]n3)ccc2o1. The number of amides is 3. The van der Waals surface area contributed by atoms with E-state index in [0.717, 1.165) is 24.6 Å². The zero-order valence-electron chi connectivity index (χ0n) is 14.2. The van der Waals surface area contributed by atoms with Crippen LogP contribution < -0.4 is 21.8 Å². The summed E-state index contributed by atoms with van der Waals surface area (Å²) in [6.45, 7) is 0. The predicted octanol–water partition coefficient (Wildman–Crippen LogP) is 2.07. The van der Waals surface area contributed by atoms with Crippen LogP contribution in [0.15, 0.2) is 39.5 Å². The van der Waals surface area contributed by atoms with Gasteiger partial charge in [-0.3, -0.25) is 20.0 Å². The van der Waals surface area contributed by atoms with Crippen LogP contribution in [-0.2, 0) is 11.2 Å². The van der Waals surface area contributed by atoms with Crippen LogP contribution in [0.2, 0.25) is 0 Å². The van der Waals surface area contributed by atoms with E-state index in [1.807, 2.05) is 6.07 Å². The molecule has 9 nitrogen and oxygen atoms in total. The second-order valence-electron chi connectivity index (χ2n) is 6.50. The van der Waals surface area contributed by atoms with Crippen molar-refractivity contribution in [2.24, 2.45) is 5.73 Å². The van der Waals surface area contributed by atoms with Gasteiger partial charge in [0.25, 0.3) is 0 Å². The summed E-state index contributed by atoms with van der Waals surface area (Å²) in [5.41, 5.74) is 6.65. The molecule has 0 atom stereocenters. The Morgan fingerprint density at radius 1 is 1.22 bits per heavy atom. The van der Waals surface area contributed by atoms with Crippen molar-refractivity contribution in [3.05, 3.63) is 51.8 Å². The second kappa shape index (κ2) is 6.60. The molecule has 2 heterocycles. The van der Waals surface area contributed by atoms with Gasteiger partial charge in [-0.05, 0) is 30.5 Å². The maximum Gasteiger partial charge on any atom is 0.318 e. The van der Waals surface area contributed by atoms with Gasteiger partial charge in [-0.2, -0.15) is 5.10 Å². The summed E-state index contributed by atoms with van der Waals surface area (Å²) in [6.07, 6.45) is 2.38. The molecule has 1 aliphatic carbocycles. The van der Waals surface area contributed by atoms with Crippen LogP contribution >= 0.6 is 0 Å². The molecule has 138 valence electrons. The number of carbonyl (C=O) groups excluding carboxylic acids is 2. The largest absolute Gasteiger partial charge is 0.440 e. The van der Waals surface area contributed by atoms with Crippen molar-refractivity contribution >= 4 is 34.6 Å². The van der Waals surface area contributed by atoms with Gasteiger partial charge in [0, 0.05) is 23.7 Å². The highest BCUT2D eigenvalue weighted by Crippen LogP contribution is 2.39. The molecule has 1 fully saturated rings. The number of nitrogens with two attached hydrogens (primary N) is 1. The predicted molar refractivity (Wildman–Crippen MR) is 98.6 cm³/mol. The molecule has 9 heteroatoms. The zero-order valence-corrected chi connectivity index (χ0v) is 14.2. The van der Waals surface area contributed by atoms with Crippen molar-refractivity contribution in [2.45, 2.75) is 25.2 Å². The van der Waals surface area contributed by atoms with E-state index in [4.69, 9.17) is 10.2 Å². The first-order chi connectivity index (χ1) is 13.0. The first-order valence-corrected chi connectivity index (χ1v) is 8.46. The van der Waals surface area contributed by atoms with E-state index in [-0.39, 0.29) is 29.2 Å². The van der Waals surface area contributed by atoms with Gasteiger partial charge in [-0.25, -0.2) is 4.79 Å². The van der Waals surface area contributed by atoms with Crippen LogP contribution in [0.4, 0.5) is 16.5 Å². The molecule has 4 rings (SSSR count). The Kier molecular flexibility index (Phi) is 4.11. The Balaban J connectivity index is 1.49. The number of primary amides is 1. The first-order valence-electron chi connectivity index (χ1n) is 8.46. The lowest BCUT2D eigenvalue weighted by atomic mass is 10.1. The summed E-state index contributed by atoms with van der Waals surface area (Å²) in [5, 5.41) is 12.3. The number of anilines is 2. The normalized spacial score (nSPS) is 13.5. The highest BCUT2D eigenvalue weighted by molar-refractivity contribution is 5.92. The minimum absolute atomic E-state index is 0.0320. The Hall–Kier alpha value is -3.62. The maximum absolute atomic E-state index is 12.2. The highest BCUT2D eigenvalue weighted by Gasteiger charge is 2.25. The minimum Gasteiger partial charge on any atom is -0.440 e. The molecule has 2 aromatic heterocycles. The fourth-order valence-electron chi connectivity index (χ4n) is 2.87. The number of urea groups is 1. The van der Waals surface area contributed by atoms with Gasteiger partial charge in [0.15, 0.2) is 11.2 Å². The molecular formula is C18H17N5O4. The average Bonchev–Trinajstić information content (AvgIpc) is 3.35. The van der Waals surface area contributed by atoms with Crippen molar-refractivity contribution in [1.29, 1.82) is 0 Å². The lowest BCUT2D eigenvalue weighted by Gasteiger charge is -2.05. The molecule has 0 saturated heterocycles. The summed E-state index contributed by atoms with van der Waals surface area (Å²) < 4.78 is 5.41. The van der Waals surface area contributed by atoms with E-state index in [9.17, 15) is 14.4 Å². The van der Waals surface area contributed by atoms with Gasteiger partial charge >= 0.3 is 6.03 Å². The Labute approximate surface area is 152 Å². The summed E-state index contributed by atoms with van der Waals surface area (Å²) in [5.74, 6) is 0.747. The molecule has 0 bridgehead atoms. The maximum atomic E-state index is 12.2. The topological polar surface area (TPSA) is 143 Å². The fourth-order valence-corrected chi connectivity index (χ4v) is 2.87. The van der Waals surface area contributed by atoms with Gasteiger partial charge in [0.05, 0.1) is 11.8 Å². The molecule has 3 amide bonds. The van der Waals surface area contributed by atoms with E-state index >= 15 is 0 Å². The molecule has 0 spiro atoms. The van der Waals surface area contributed by atoms with Gasteiger partial charge in [0.1, 0.15) is 5.58 Å². The van der Waals surface area contributed by atoms with E-state index in [0.29, 0.717) is 22.7 Å². The number of nitrogens with one attached hydrogen (secondary N) is 3. The number of aromatic amines is 1. The Bertz CT molecular complexity index is 1100. The third kappa shape index (κ3) is 3.81. The van der Waals surface area contributed by atoms with Gasteiger partial charge in [0.2, 0.25) is 11.8 Å². The third-order valence-corrected chi connectivity index (χ3v) is 4.28. The third-order valence-electron chi connectivity index (χ3n) is 4.28. The molecule has 0 unspecified atom stereocenters. The molecule has 0 aliphatic heterocycles. The second-order valence-corrected chi connectivity index (χ2v) is 6.50. The number of benzene rings is 1. The summed E-state index contributed by atoms with van der Waals surface area (Å²) in [7, 11) is 0. The molecule has 27 heavy (non-hydrogen) atoms. The molecule has 1 aliphatic rings. The van der Waals surface area contributed by atoms with Crippen LogP contribution in [0.3, 0.4) is 0 Å². The number of hydrogen-bond donors (Lipinski definition) is 4. The number of rotatable bonds is 5. The standard InChI is InChI=1S/C18H17N5O4/c19-18(26)21-17-8-13(24)11-5-9(1-4-14(11)27-17)6-16(25)20-15-7-12(22-23-15)10-2-3-10/h1,4-5,7-8,10H,2-3,6H2,(H3,19,21,26)(H2,20,22,23,25). The first kappa shape index (κ1) is 16.8. The van der Waals surface area contributed by atoms with E-state index in [2.05, 4.69) is 20.8 Å². The lowest BCUT2D eigenvalue weighted by molar-refractivity contribution is -0.115.